The van der Waals surface area contributed by atoms with E-state index in [1.54, 1.807) is 7.11 Å². The predicted molar refractivity (Wildman–Crippen MR) is 77.6 cm³/mol. The number of aliphatic carboxylic acids is 1. The molecule has 0 heterocycles. The zero-order valence-electron chi connectivity index (χ0n) is 12.1. The van der Waals surface area contributed by atoms with Gasteiger partial charge in [0.25, 0.3) is 0 Å². The van der Waals surface area contributed by atoms with Crippen molar-refractivity contribution in [2.75, 3.05) is 7.11 Å². The van der Waals surface area contributed by atoms with E-state index in [4.69, 9.17) is 9.84 Å². The smallest absolute Gasteiger partial charge is 0.303 e. The van der Waals surface area contributed by atoms with E-state index in [0.29, 0.717) is 6.42 Å². The molecule has 0 saturated carbocycles. The Kier molecular flexibility index (Phi) is 5.16. The molecule has 0 atom stereocenters. The van der Waals surface area contributed by atoms with Crippen LogP contribution in [0.3, 0.4) is 0 Å². The first kappa shape index (κ1) is 15.3. The summed E-state index contributed by atoms with van der Waals surface area (Å²) in [5.41, 5.74) is 2.22. The topological polar surface area (TPSA) is 46.5 Å². The molecule has 0 aliphatic carbocycles. The lowest BCUT2D eigenvalue weighted by Crippen LogP contribution is -2.12. The van der Waals surface area contributed by atoms with Gasteiger partial charge in [0.1, 0.15) is 5.75 Å². The maximum Gasteiger partial charge on any atom is 0.303 e. The van der Waals surface area contributed by atoms with Crippen molar-refractivity contribution in [2.24, 2.45) is 0 Å². The Morgan fingerprint density at radius 3 is 2.58 bits per heavy atom. The second-order valence-corrected chi connectivity index (χ2v) is 5.54. The molecule has 0 fully saturated rings. The summed E-state index contributed by atoms with van der Waals surface area (Å²) in [5.74, 6) is 0.116. The van der Waals surface area contributed by atoms with Crippen LogP contribution in [0.1, 0.15) is 44.7 Å². The zero-order chi connectivity index (χ0) is 14.5. The number of carbonyl (C=O) groups is 1. The predicted octanol–water partition coefficient (Wildman–Crippen LogP) is 3.87. The van der Waals surface area contributed by atoms with Crippen LogP contribution in [0.2, 0.25) is 0 Å². The number of rotatable bonds is 5. The normalized spacial score (nSPS) is 11.8. The summed E-state index contributed by atoms with van der Waals surface area (Å²) in [6.45, 7) is 6.42. The Morgan fingerprint density at radius 2 is 2.05 bits per heavy atom. The first-order valence-corrected chi connectivity index (χ1v) is 6.41. The van der Waals surface area contributed by atoms with Gasteiger partial charge in [-0.2, -0.15) is 0 Å². The maximum absolute atomic E-state index is 10.4. The van der Waals surface area contributed by atoms with Crippen LogP contribution < -0.4 is 4.74 Å². The summed E-state index contributed by atoms with van der Waals surface area (Å²) >= 11 is 0. The SMILES string of the molecule is COc1ccc(/C=C/CCC(=O)O)cc1C(C)(C)C. The number of allylic oxidation sites excluding steroid dienone is 1. The fraction of sp³-hybridized carbons (Fsp3) is 0.438. The van der Waals surface area contributed by atoms with Gasteiger partial charge in [0.2, 0.25) is 0 Å². The van der Waals surface area contributed by atoms with E-state index in [1.807, 2.05) is 24.3 Å². The number of ether oxygens (including phenoxy) is 1. The van der Waals surface area contributed by atoms with Gasteiger partial charge in [-0.1, -0.05) is 39.0 Å². The summed E-state index contributed by atoms with van der Waals surface area (Å²) in [4.78, 5) is 10.4. The molecule has 0 aliphatic rings. The van der Waals surface area contributed by atoms with Crippen LogP contribution in [0.4, 0.5) is 0 Å². The number of hydrogen-bond acceptors (Lipinski definition) is 2. The summed E-state index contributed by atoms with van der Waals surface area (Å²) in [5, 5.41) is 8.58. The highest BCUT2D eigenvalue weighted by molar-refractivity contribution is 5.67. The summed E-state index contributed by atoms with van der Waals surface area (Å²) in [6, 6.07) is 6.03. The third kappa shape index (κ3) is 4.78. The van der Waals surface area contributed by atoms with Crippen molar-refractivity contribution in [2.45, 2.75) is 39.0 Å². The van der Waals surface area contributed by atoms with Gasteiger partial charge < -0.3 is 9.84 Å². The Balaban J connectivity index is 2.90. The minimum Gasteiger partial charge on any atom is -0.496 e. The first-order chi connectivity index (χ1) is 8.84. The zero-order valence-corrected chi connectivity index (χ0v) is 12.1. The summed E-state index contributed by atoms with van der Waals surface area (Å²) in [7, 11) is 1.67. The quantitative estimate of drug-likeness (QED) is 0.876. The van der Waals surface area contributed by atoms with E-state index in [2.05, 4.69) is 26.8 Å². The van der Waals surface area contributed by atoms with Crippen LogP contribution in [-0.2, 0) is 10.2 Å². The van der Waals surface area contributed by atoms with Crippen LogP contribution in [0.15, 0.2) is 24.3 Å². The van der Waals surface area contributed by atoms with Crippen molar-refractivity contribution in [3.63, 3.8) is 0 Å². The van der Waals surface area contributed by atoms with Gasteiger partial charge in [0.05, 0.1) is 7.11 Å². The summed E-state index contributed by atoms with van der Waals surface area (Å²) < 4.78 is 5.38. The molecule has 0 aliphatic heterocycles. The molecule has 3 heteroatoms. The number of carboxylic acid groups (broad SMARTS) is 1. The van der Waals surface area contributed by atoms with E-state index >= 15 is 0 Å². The van der Waals surface area contributed by atoms with Crippen molar-refractivity contribution in [3.05, 3.63) is 35.4 Å². The molecule has 3 nitrogen and oxygen atoms in total. The van der Waals surface area contributed by atoms with Crippen LogP contribution in [0.5, 0.6) is 5.75 Å². The Labute approximate surface area is 114 Å². The second-order valence-electron chi connectivity index (χ2n) is 5.54. The largest absolute Gasteiger partial charge is 0.496 e. The van der Waals surface area contributed by atoms with Crippen LogP contribution in [0, 0.1) is 0 Å². The highest BCUT2D eigenvalue weighted by Gasteiger charge is 2.18. The lowest BCUT2D eigenvalue weighted by atomic mass is 9.85. The molecule has 104 valence electrons. The van der Waals surface area contributed by atoms with Gasteiger partial charge in [-0.05, 0) is 29.5 Å². The highest BCUT2D eigenvalue weighted by Crippen LogP contribution is 2.32. The molecule has 0 radical (unpaired) electrons. The van der Waals surface area contributed by atoms with Crippen molar-refractivity contribution in [1.29, 1.82) is 0 Å². The van der Waals surface area contributed by atoms with E-state index in [1.165, 1.54) is 0 Å². The fourth-order valence-corrected chi connectivity index (χ4v) is 1.84. The molecule has 0 bridgehead atoms. The van der Waals surface area contributed by atoms with E-state index in [-0.39, 0.29) is 11.8 Å². The molecule has 0 amide bonds. The van der Waals surface area contributed by atoms with Crippen molar-refractivity contribution < 1.29 is 14.6 Å². The van der Waals surface area contributed by atoms with E-state index < -0.39 is 5.97 Å². The lowest BCUT2D eigenvalue weighted by Gasteiger charge is -2.22. The average Bonchev–Trinajstić information content (AvgIpc) is 2.33. The molecular formula is C16H22O3. The lowest BCUT2D eigenvalue weighted by molar-refractivity contribution is -0.136. The van der Waals surface area contributed by atoms with Gasteiger partial charge in [-0.3, -0.25) is 4.79 Å². The summed E-state index contributed by atoms with van der Waals surface area (Å²) in [6.07, 6.45) is 4.56. The Bertz CT molecular complexity index is 467. The van der Waals surface area contributed by atoms with E-state index in [0.717, 1.165) is 16.9 Å². The molecule has 0 saturated heterocycles. The maximum atomic E-state index is 10.4. The minimum absolute atomic E-state index is 0.0102. The van der Waals surface area contributed by atoms with Crippen LogP contribution in [-0.4, -0.2) is 18.2 Å². The van der Waals surface area contributed by atoms with Crippen molar-refractivity contribution in [1.82, 2.24) is 0 Å². The van der Waals surface area contributed by atoms with Gasteiger partial charge >= 0.3 is 5.97 Å². The average molecular weight is 262 g/mol. The van der Waals surface area contributed by atoms with E-state index in [9.17, 15) is 4.79 Å². The third-order valence-electron chi connectivity index (χ3n) is 2.87. The molecule has 0 unspecified atom stereocenters. The number of carboxylic acids is 1. The van der Waals surface area contributed by atoms with Gasteiger partial charge in [-0.25, -0.2) is 0 Å². The number of hydrogen-bond donors (Lipinski definition) is 1. The third-order valence-corrected chi connectivity index (χ3v) is 2.87. The number of benzene rings is 1. The monoisotopic (exact) mass is 262 g/mol. The van der Waals surface area contributed by atoms with Gasteiger partial charge in [0.15, 0.2) is 0 Å². The minimum atomic E-state index is -0.769. The fourth-order valence-electron chi connectivity index (χ4n) is 1.84. The molecule has 1 aromatic carbocycles. The molecule has 0 aromatic heterocycles. The first-order valence-electron chi connectivity index (χ1n) is 6.41. The Hall–Kier alpha value is -1.77. The Morgan fingerprint density at radius 1 is 1.37 bits per heavy atom. The van der Waals surface area contributed by atoms with Crippen LogP contribution >= 0.6 is 0 Å². The van der Waals surface area contributed by atoms with Gasteiger partial charge in [-0.15, -0.1) is 0 Å². The number of methoxy groups -OCH3 is 1. The van der Waals surface area contributed by atoms with Crippen molar-refractivity contribution in [3.8, 4) is 5.75 Å². The van der Waals surface area contributed by atoms with Crippen molar-refractivity contribution >= 4 is 12.0 Å². The molecule has 19 heavy (non-hydrogen) atoms. The van der Waals surface area contributed by atoms with Gasteiger partial charge in [0, 0.05) is 12.0 Å². The molecular weight excluding hydrogens is 240 g/mol. The van der Waals surface area contributed by atoms with Crippen LogP contribution in [0.25, 0.3) is 6.08 Å². The molecule has 0 spiro atoms. The highest BCUT2D eigenvalue weighted by atomic mass is 16.5. The second kappa shape index (κ2) is 6.41. The standard InChI is InChI=1S/C16H22O3/c1-16(2,3)13-11-12(9-10-14(13)19-4)7-5-6-8-15(17)18/h5,7,9-11H,6,8H2,1-4H3,(H,17,18)/b7-5+. The molecule has 1 N–H and O–H groups in total. The molecule has 1 aromatic rings. The molecule has 1 rings (SSSR count).